The second-order valence-corrected chi connectivity index (χ2v) is 13.9. The lowest BCUT2D eigenvalue weighted by Gasteiger charge is -2.28. The standard InChI is InChI=1S/C38H72N2O5/c1-5-7-9-11-12-18-24-35(23-17-10-8-6-2)38(43)45-33-31-40(36(41)26-29-39-27-20-15-21-28-39)30-32-44-37(42)25-19-14-13-16-22-34(3)4/h34-35H,5-33H2,1-4H3. The summed E-state index contributed by atoms with van der Waals surface area (Å²) in [6.45, 7) is 12.9. The molecule has 0 bridgehead atoms. The van der Waals surface area contributed by atoms with Gasteiger partial charge in [0.25, 0.3) is 0 Å². The highest BCUT2D eigenvalue weighted by atomic mass is 16.5. The van der Waals surface area contributed by atoms with Crippen LogP contribution in [-0.2, 0) is 23.9 Å². The Labute approximate surface area is 277 Å². The summed E-state index contributed by atoms with van der Waals surface area (Å²) in [5.41, 5.74) is 0. The average molecular weight is 637 g/mol. The number of ether oxygens (including phenoxy) is 2. The van der Waals surface area contributed by atoms with Gasteiger partial charge in [-0.05, 0) is 51.1 Å². The van der Waals surface area contributed by atoms with E-state index in [2.05, 4.69) is 32.6 Å². The number of unbranched alkanes of at least 4 members (excludes halogenated alkanes) is 11. The third-order valence-electron chi connectivity index (χ3n) is 9.23. The first kappa shape index (κ1) is 41.4. The van der Waals surface area contributed by atoms with E-state index >= 15 is 0 Å². The minimum atomic E-state index is -0.188. The van der Waals surface area contributed by atoms with Crippen LogP contribution in [0.5, 0.6) is 0 Å². The Morgan fingerprint density at radius 1 is 0.644 bits per heavy atom. The molecule has 264 valence electrons. The fourth-order valence-electron chi connectivity index (χ4n) is 6.22. The molecule has 0 saturated carbocycles. The van der Waals surface area contributed by atoms with Gasteiger partial charge in [0.1, 0.15) is 13.2 Å². The fourth-order valence-corrected chi connectivity index (χ4v) is 6.22. The van der Waals surface area contributed by atoms with E-state index in [1.54, 1.807) is 4.90 Å². The molecule has 1 fully saturated rings. The SMILES string of the molecule is CCCCCCCCC(CCCCCC)C(=O)OCCN(CCOC(=O)CCCCCCC(C)C)C(=O)CCN1CCCCC1. The van der Waals surface area contributed by atoms with Gasteiger partial charge in [-0.1, -0.05) is 124 Å². The molecule has 1 atom stereocenters. The first-order chi connectivity index (χ1) is 21.9. The van der Waals surface area contributed by atoms with Gasteiger partial charge in [0, 0.05) is 19.4 Å². The molecule has 0 aromatic rings. The van der Waals surface area contributed by atoms with Gasteiger partial charge < -0.3 is 19.3 Å². The Bertz CT molecular complexity index is 738. The van der Waals surface area contributed by atoms with Gasteiger partial charge in [-0.25, -0.2) is 0 Å². The number of carbonyl (C=O) groups is 3. The molecule has 1 aliphatic rings. The van der Waals surface area contributed by atoms with Crippen molar-refractivity contribution in [2.24, 2.45) is 11.8 Å². The Morgan fingerprint density at radius 3 is 1.80 bits per heavy atom. The smallest absolute Gasteiger partial charge is 0.308 e. The lowest BCUT2D eigenvalue weighted by atomic mass is 9.94. The highest BCUT2D eigenvalue weighted by Gasteiger charge is 2.21. The predicted octanol–water partition coefficient (Wildman–Crippen LogP) is 9.11. The zero-order valence-corrected chi connectivity index (χ0v) is 30.1. The third-order valence-corrected chi connectivity index (χ3v) is 9.23. The monoisotopic (exact) mass is 637 g/mol. The van der Waals surface area contributed by atoms with Crippen LogP contribution in [0.4, 0.5) is 0 Å². The van der Waals surface area contributed by atoms with E-state index in [9.17, 15) is 14.4 Å². The summed E-state index contributed by atoms with van der Waals surface area (Å²) in [6.07, 6.45) is 23.7. The summed E-state index contributed by atoms with van der Waals surface area (Å²) in [6, 6.07) is 0. The molecule has 1 amide bonds. The Balaban J connectivity index is 2.56. The quantitative estimate of drug-likeness (QED) is 0.0602. The van der Waals surface area contributed by atoms with E-state index in [0.29, 0.717) is 25.9 Å². The molecular formula is C38H72N2O5. The van der Waals surface area contributed by atoms with Crippen molar-refractivity contribution in [3.05, 3.63) is 0 Å². The van der Waals surface area contributed by atoms with Crippen LogP contribution >= 0.6 is 0 Å². The second-order valence-electron chi connectivity index (χ2n) is 13.9. The molecule has 1 rings (SSSR count). The molecule has 1 saturated heterocycles. The molecule has 0 radical (unpaired) electrons. The minimum Gasteiger partial charge on any atom is -0.464 e. The van der Waals surface area contributed by atoms with Crippen molar-refractivity contribution in [2.75, 3.05) is 45.9 Å². The Morgan fingerprint density at radius 2 is 1.18 bits per heavy atom. The van der Waals surface area contributed by atoms with Crippen molar-refractivity contribution in [2.45, 2.75) is 169 Å². The van der Waals surface area contributed by atoms with E-state index in [0.717, 1.165) is 76.9 Å². The van der Waals surface area contributed by atoms with Crippen LogP contribution in [0.3, 0.4) is 0 Å². The van der Waals surface area contributed by atoms with E-state index in [-0.39, 0.29) is 37.0 Å². The van der Waals surface area contributed by atoms with Gasteiger partial charge in [-0.15, -0.1) is 0 Å². The van der Waals surface area contributed by atoms with Gasteiger partial charge in [0.05, 0.1) is 19.0 Å². The lowest BCUT2D eigenvalue weighted by Crippen LogP contribution is -2.40. The number of likely N-dealkylation sites (tertiary alicyclic amines) is 1. The fraction of sp³-hybridized carbons (Fsp3) is 0.921. The van der Waals surface area contributed by atoms with Crippen LogP contribution in [-0.4, -0.2) is 73.6 Å². The molecule has 0 spiro atoms. The molecule has 0 aromatic heterocycles. The van der Waals surface area contributed by atoms with Gasteiger partial charge >= 0.3 is 11.9 Å². The molecule has 45 heavy (non-hydrogen) atoms. The molecule has 7 nitrogen and oxygen atoms in total. The van der Waals surface area contributed by atoms with Crippen molar-refractivity contribution in [1.29, 1.82) is 0 Å². The van der Waals surface area contributed by atoms with E-state index in [1.165, 1.54) is 77.0 Å². The number of esters is 2. The maximum Gasteiger partial charge on any atom is 0.308 e. The van der Waals surface area contributed by atoms with Crippen molar-refractivity contribution in [3.8, 4) is 0 Å². The normalized spacial score (nSPS) is 14.4. The average Bonchev–Trinajstić information content (AvgIpc) is 3.03. The van der Waals surface area contributed by atoms with Crippen LogP contribution in [0, 0.1) is 11.8 Å². The molecular weight excluding hydrogens is 564 g/mol. The molecule has 1 aliphatic heterocycles. The van der Waals surface area contributed by atoms with Gasteiger partial charge in [0.2, 0.25) is 5.91 Å². The third kappa shape index (κ3) is 23.4. The molecule has 1 heterocycles. The lowest BCUT2D eigenvalue weighted by molar-refractivity contribution is -0.151. The van der Waals surface area contributed by atoms with Crippen molar-refractivity contribution in [1.82, 2.24) is 9.80 Å². The van der Waals surface area contributed by atoms with Crippen LogP contribution in [0.25, 0.3) is 0 Å². The maximum absolute atomic E-state index is 13.3. The molecule has 0 aromatic carbocycles. The summed E-state index contributed by atoms with van der Waals surface area (Å²) >= 11 is 0. The van der Waals surface area contributed by atoms with Crippen molar-refractivity contribution in [3.63, 3.8) is 0 Å². The first-order valence-electron chi connectivity index (χ1n) is 19.2. The summed E-state index contributed by atoms with van der Waals surface area (Å²) in [5, 5.41) is 0. The van der Waals surface area contributed by atoms with Crippen LogP contribution in [0.1, 0.15) is 169 Å². The van der Waals surface area contributed by atoms with E-state index in [1.807, 2.05) is 0 Å². The van der Waals surface area contributed by atoms with Gasteiger partial charge in [-0.3, -0.25) is 14.4 Å². The first-order valence-corrected chi connectivity index (χ1v) is 19.2. The minimum absolute atomic E-state index is 0.0426. The molecule has 0 aliphatic carbocycles. The highest BCUT2D eigenvalue weighted by Crippen LogP contribution is 2.21. The summed E-state index contributed by atoms with van der Waals surface area (Å²) in [4.78, 5) is 42.9. The number of nitrogens with zero attached hydrogens (tertiary/aromatic N) is 2. The zero-order valence-electron chi connectivity index (χ0n) is 30.1. The summed E-state index contributed by atoms with van der Waals surface area (Å²) in [5.74, 6) is 0.418. The van der Waals surface area contributed by atoms with E-state index < -0.39 is 0 Å². The number of amides is 1. The van der Waals surface area contributed by atoms with Crippen molar-refractivity contribution < 1.29 is 23.9 Å². The summed E-state index contributed by atoms with van der Waals surface area (Å²) < 4.78 is 11.3. The Hall–Kier alpha value is -1.63. The molecule has 0 N–H and O–H groups in total. The number of hydrogen-bond donors (Lipinski definition) is 0. The molecule has 1 unspecified atom stereocenters. The number of carbonyl (C=O) groups excluding carboxylic acids is 3. The number of hydrogen-bond acceptors (Lipinski definition) is 6. The van der Waals surface area contributed by atoms with Crippen LogP contribution < -0.4 is 0 Å². The number of rotatable bonds is 29. The second kappa shape index (κ2) is 28.6. The largest absolute Gasteiger partial charge is 0.464 e. The molecule has 7 heteroatoms. The summed E-state index contributed by atoms with van der Waals surface area (Å²) in [7, 11) is 0. The number of piperidine rings is 1. The van der Waals surface area contributed by atoms with E-state index in [4.69, 9.17) is 9.47 Å². The topological polar surface area (TPSA) is 76.1 Å². The van der Waals surface area contributed by atoms with Crippen molar-refractivity contribution >= 4 is 17.8 Å². The predicted molar refractivity (Wildman–Crippen MR) is 186 cm³/mol. The zero-order chi connectivity index (χ0) is 33.0. The Kier molecular flexibility index (Phi) is 26.3. The van der Waals surface area contributed by atoms with Crippen LogP contribution in [0.15, 0.2) is 0 Å². The van der Waals surface area contributed by atoms with Crippen LogP contribution in [0.2, 0.25) is 0 Å². The van der Waals surface area contributed by atoms with Gasteiger partial charge in [-0.2, -0.15) is 0 Å². The van der Waals surface area contributed by atoms with Gasteiger partial charge in [0.15, 0.2) is 0 Å². The maximum atomic E-state index is 13.3. The highest BCUT2D eigenvalue weighted by molar-refractivity contribution is 5.76.